The minimum Gasteiger partial charge on any atom is -0.699 e. The van der Waals surface area contributed by atoms with Crippen LogP contribution >= 0.6 is 11.6 Å². The number of nitrogens with one attached hydrogen (secondary N) is 1. The quantitative estimate of drug-likeness (QED) is 0.634. The molecule has 0 aliphatic heterocycles. The van der Waals surface area contributed by atoms with Crippen molar-refractivity contribution < 1.29 is 13.2 Å². The number of hydrogen-bond donors (Lipinski definition) is 0. The molecular weight excluding hydrogens is 263 g/mol. The van der Waals surface area contributed by atoms with E-state index in [-0.39, 0.29) is 5.02 Å². The fraction of sp³-hybridized carbons (Fsp3) is 0.0769. The Morgan fingerprint density at radius 3 is 2.11 bits per heavy atom. The molecule has 0 aliphatic rings. The maximum absolute atomic E-state index is 12.6. The minimum atomic E-state index is -4.39. The van der Waals surface area contributed by atoms with Gasteiger partial charge in [-0.25, -0.2) is 0 Å². The zero-order valence-electron chi connectivity index (χ0n) is 9.05. The van der Waals surface area contributed by atoms with Crippen molar-refractivity contribution in [2.75, 3.05) is 0 Å². The molecule has 0 saturated heterocycles. The highest BCUT2D eigenvalue weighted by Gasteiger charge is 2.30. The third-order valence-electron chi connectivity index (χ3n) is 2.49. The Morgan fingerprint density at radius 1 is 0.944 bits per heavy atom. The predicted molar refractivity (Wildman–Crippen MR) is 65.9 cm³/mol. The molecule has 0 atom stereocenters. The Kier molecular flexibility index (Phi) is 3.22. The molecule has 0 aromatic heterocycles. The van der Waals surface area contributed by atoms with Gasteiger partial charge in [-0.3, -0.25) is 0 Å². The van der Waals surface area contributed by atoms with E-state index in [1.54, 1.807) is 12.1 Å². The number of hydrogen-bond acceptors (Lipinski definition) is 0. The van der Waals surface area contributed by atoms with Gasteiger partial charge < -0.3 is 5.73 Å². The van der Waals surface area contributed by atoms with Gasteiger partial charge in [-0.15, -0.1) is 5.69 Å². The first-order valence-electron chi connectivity index (χ1n) is 5.07. The van der Waals surface area contributed by atoms with Crippen LogP contribution < -0.4 is 0 Å². The number of rotatable bonds is 1. The average Bonchev–Trinajstić information content (AvgIpc) is 2.29. The second-order valence-corrected chi connectivity index (χ2v) is 4.18. The largest absolute Gasteiger partial charge is 0.699 e. The van der Waals surface area contributed by atoms with Crippen molar-refractivity contribution in [2.45, 2.75) is 6.18 Å². The van der Waals surface area contributed by atoms with Crippen molar-refractivity contribution in [3.8, 4) is 11.1 Å². The Balaban J connectivity index is 2.53. The van der Waals surface area contributed by atoms with Gasteiger partial charge in [0.1, 0.15) is 0 Å². The molecule has 1 nitrogen and oxygen atoms in total. The standard InChI is InChI=1S/C13H8ClF3N/c14-12-6-3-9(13(15,16)17)7-11(12)8-1-4-10(18)5-2-8/h1-7,18H/q-1. The fourth-order valence-electron chi connectivity index (χ4n) is 1.57. The highest BCUT2D eigenvalue weighted by molar-refractivity contribution is 6.33. The summed E-state index contributed by atoms with van der Waals surface area (Å²) in [4.78, 5) is 0. The Labute approximate surface area is 107 Å². The Morgan fingerprint density at radius 2 is 1.56 bits per heavy atom. The third-order valence-corrected chi connectivity index (χ3v) is 2.82. The van der Waals surface area contributed by atoms with Gasteiger partial charge in [-0.2, -0.15) is 13.2 Å². The van der Waals surface area contributed by atoms with Crippen molar-refractivity contribution in [3.63, 3.8) is 0 Å². The van der Waals surface area contributed by atoms with Crippen LogP contribution in [0, 0.1) is 0 Å². The van der Waals surface area contributed by atoms with Crippen LogP contribution in [0.5, 0.6) is 0 Å². The van der Waals surface area contributed by atoms with Crippen LogP contribution in [0.25, 0.3) is 16.9 Å². The van der Waals surface area contributed by atoms with Crippen LogP contribution in [0.2, 0.25) is 5.02 Å². The lowest BCUT2D eigenvalue weighted by atomic mass is 10.0. The lowest BCUT2D eigenvalue weighted by molar-refractivity contribution is -0.137. The summed E-state index contributed by atoms with van der Waals surface area (Å²) in [5, 5.41) is 0.251. The summed E-state index contributed by atoms with van der Waals surface area (Å²) in [6.45, 7) is 0. The molecule has 18 heavy (non-hydrogen) atoms. The summed E-state index contributed by atoms with van der Waals surface area (Å²) >= 11 is 5.91. The van der Waals surface area contributed by atoms with E-state index in [2.05, 4.69) is 0 Å². The topological polar surface area (TPSA) is 23.8 Å². The van der Waals surface area contributed by atoms with Crippen LogP contribution in [0.4, 0.5) is 18.9 Å². The SMILES string of the molecule is [NH-]c1ccc(-c2cc(C(F)(F)F)ccc2Cl)cc1. The van der Waals surface area contributed by atoms with E-state index in [1.807, 2.05) is 0 Å². The van der Waals surface area contributed by atoms with E-state index in [0.717, 1.165) is 12.1 Å². The summed E-state index contributed by atoms with van der Waals surface area (Å²) in [7, 11) is 0. The first kappa shape index (κ1) is 12.8. The molecule has 2 rings (SSSR count). The van der Waals surface area contributed by atoms with Gasteiger partial charge in [-0.1, -0.05) is 35.9 Å². The van der Waals surface area contributed by atoms with Crippen molar-refractivity contribution in [1.29, 1.82) is 0 Å². The first-order chi connectivity index (χ1) is 8.38. The molecule has 2 aromatic rings. The van der Waals surface area contributed by atoms with E-state index in [4.69, 9.17) is 17.3 Å². The molecule has 1 N–H and O–H groups in total. The second-order valence-electron chi connectivity index (χ2n) is 3.77. The summed E-state index contributed by atoms with van der Waals surface area (Å²) in [6, 6.07) is 9.35. The molecule has 0 saturated carbocycles. The Bertz CT molecular complexity index is 561. The van der Waals surface area contributed by atoms with E-state index in [1.165, 1.54) is 18.2 Å². The van der Waals surface area contributed by atoms with Crippen molar-refractivity contribution >= 4 is 17.3 Å². The number of alkyl halides is 3. The van der Waals surface area contributed by atoms with E-state index in [9.17, 15) is 13.2 Å². The molecule has 0 heterocycles. The van der Waals surface area contributed by atoms with Gasteiger partial charge in [0, 0.05) is 10.6 Å². The zero-order chi connectivity index (χ0) is 13.3. The van der Waals surface area contributed by atoms with Crippen molar-refractivity contribution in [3.05, 3.63) is 58.8 Å². The average molecular weight is 271 g/mol. The molecule has 0 spiro atoms. The third kappa shape index (κ3) is 2.59. The van der Waals surface area contributed by atoms with Crippen molar-refractivity contribution in [2.24, 2.45) is 0 Å². The summed E-state index contributed by atoms with van der Waals surface area (Å²) in [6.07, 6.45) is -4.39. The zero-order valence-corrected chi connectivity index (χ0v) is 9.81. The van der Waals surface area contributed by atoms with Crippen LogP contribution in [0.1, 0.15) is 5.56 Å². The van der Waals surface area contributed by atoms with Gasteiger partial charge in [0.15, 0.2) is 0 Å². The lowest BCUT2D eigenvalue weighted by Crippen LogP contribution is -2.04. The highest BCUT2D eigenvalue weighted by atomic mass is 35.5. The van der Waals surface area contributed by atoms with Crippen LogP contribution in [0.3, 0.4) is 0 Å². The molecule has 0 bridgehead atoms. The number of halogens is 4. The smallest absolute Gasteiger partial charge is 0.416 e. The maximum Gasteiger partial charge on any atom is 0.416 e. The minimum absolute atomic E-state index is 0.251. The van der Waals surface area contributed by atoms with Crippen LogP contribution in [-0.4, -0.2) is 0 Å². The number of benzene rings is 2. The Hall–Kier alpha value is -1.68. The van der Waals surface area contributed by atoms with Crippen LogP contribution in [0.15, 0.2) is 42.5 Å². The van der Waals surface area contributed by atoms with Crippen LogP contribution in [-0.2, 0) is 6.18 Å². The predicted octanol–water partition coefficient (Wildman–Crippen LogP) is 5.71. The molecule has 0 unspecified atom stereocenters. The molecule has 0 aliphatic carbocycles. The molecule has 0 radical (unpaired) electrons. The first-order valence-corrected chi connectivity index (χ1v) is 5.44. The lowest BCUT2D eigenvalue weighted by Gasteiger charge is -2.11. The summed E-state index contributed by atoms with van der Waals surface area (Å²) in [5.41, 5.74) is 7.76. The van der Waals surface area contributed by atoms with Gasteiger partial charge >= 0.3 is 6.18 Å². The van der Waals surface area contributed by atoms with Gasteiger partial charge in [-0.05, 0) is 23.8 Å². The summed E-state index contributed by atoms with van der Waals surface area (Å²) < 4.78 is 37.8. The second kappa shape index (κ2) is 4.53. The van der Waals surface area contributed by atoms with E-state index >= 15 is 0 Å². The van der Waals surface area contributed by atoms with E-state index < -0.39 is 11.7 Å². The molecule has 5 heteroatoms. The molecular formula is C13H8ClF3N-. The van der Waals surface area contributed by atoms with E-state index in [0.29, 0.717) is 16.8 Å². The maximum atomic E-state index is 12.6. The van der Waals surface area contributed by atoms with Crippen molar-refractivity contribution in [1.82, 2.24) is 0 Å². The van der Waals surface area contributed by atoms with Gasteiger partial charge in [0.2, 0.25) is 0 Å². The normalized spacial score (nSPS) is 11.6. The highest BCUT2D eigenvalue weighted by Crippen LogP contribution is 2.36. The van der Waals surface area contributed by atoms with Gasteiger partial charge in [0.25, 0.3) is 0 Å². The van der Waals surface area contributed by atoms with Gasteiger partial charge in [0.05, 0.1) is 5.56 Å². The fourth-order valence-corrected chi connectivity index (χ4v) is 1.80. The monoisotopic (exact) mass is 270 g/mol. The molecule has 0 fully saturated rings. The molecule has 2 aromatic carbocycles. The molecule has 94 valence electrons. The molecule has 0 amide bonds. The summed E-state index contributed by atoms with van der Waals surface area (Å²) in [5.74, 6) is 0.